The smallest absolute Gasteiger partial charge is 0.227 e. The van der Waals surface area contributed by atoms with Gasteiger partial charge in [-0.05, 0) is 23.8 Å². The van der Waals surface area contributed by atoms with E-state index in [1.807, 2.05) is 0 Å². The van der Waals surface area contributed by atoms with Crippen molar-refractivity contribution in [2.24, 2.45) is 5.92 Å². The van der Waals surface area contributed by atoms with Gasteiger partial charge in [0, 0.05) is 19.0 Å². The lowest BCUT2D eigenvalue weighted by atomic mass is 10.1. The maximum atomic E-state index is 11.9. The summed E-state index contributed by atoms with van der Waals surface area (Å²) in [6.45, 7) is 0.676. The van der Waals surface area contributed by atoms with Gasteiger partial charge in [0.15, 0.2) is 0 Å². The first kappa shape index (κ1) is 12.6. The quantitative estimate of drug-likeness (QED) is 0.857. The topological polar surface area (TPSA) is 29.5 Å². The van der Waals surface area contributed by atoms with Gasteiger partial charge >= 0.3 is 0 Å². The molecule has 17 heavy (non-hydrogen) atoms. The molecule has 0 aromatic heterocycles. The van der Waals surface area contributed by atoms with Crippen LogP contribution in [0.15, 0.2) is 18.2 Å². The van der Waals surface area contributed by atoms with Gasteiger partial charge in [0.05, 0.1) is 17.8 Å². The Morgan fingerprint density at radius 3 is 2.94 bits per heavy atom. The molecule has 3 nitrogen and oxygen atoms in total. The zero-order valence-corrected chi connectivity index (χ0v) is 11.2. The first-order valence-electron chi connectivity index (χ1n) is 5.40. The Hall–Kier alpha value is -0.870. The predicted octanol–water partition coefficient (Wildman–Crippen LogP) is 2.63. The van der Waals surface area contributed by atoms with Crippen LogP contribution in [0.25, 0.3) is 0 Å². The number of thiol groups is 1. The van der Waals surface area contributed by atoms with Crippen LogP contribution < -0.4 is 9.64 Å². The third kappa shape index (κ3) is 2.53. The number of hydrogen-bond acceptors (Lipinski definition) is 3. The highest BCUT2D eigenvalue weighted by atomic mass is 35.5. The summed E-state index contributed by atoms with van der Waals surface area (Å²) in [5.41, 5.74) is 0.723. The molecule has 1 aromatic carbocycles. The van der Waals surface area contributed by atoms with E-state index in [-0.39, 0.29) is 5.91 Å². The number of methoxy groups -OCH3 is 1. The molecular weight excluding hydrogens is 258 g/mol. The van der Waals surface area contributed by atoms with Crippen LogP contribution in [0.4, 0.5) is 5.69 Å². The van der Waals surface area contributed by atoms with Crippen LogP contribution in [-0.2, 0) is 4.79 Å². The second kappa shape index (κ2) is 5.19. The minimum Gasteiger partial charge on any atom is -0.497 e. The van der Waals surface area contributed by atoms with Gasteiger partial charge in [0.2, 0.25) is 5.91 Å². The Balaban J connectivity index is 2.30. The Morgan fingerprint density at radius 2 is 2.35 bits per heavy atom. The Bertz CT molecular complexity index is 439. The summed E-state index contributed by atoms with van der Waals surface area (Å²) in [5.74, 6) is 1.81. The zero-order chi connectivity index (χ0) is 12.4. The molecule has 1 saturated heterocycles. The molecule has 1 unspecified atom stereocenters. The maximum absolute atomic E-state index is 11.9. The lowest BCUT2D eigenvalue weighted by molar-refractivity contribution is -0.117. The van der Waals surface area contributed by atoms with Crippen LogP contribution in [-0.4, -0.2) is 25.3 Å². The minimum atomic E-state index is 0.0965. The van der Waals surface area contributed by atoms with Gasteiger partial charge < -0.3 is 9.64 Å². The second-order valence-corrected chi connectivity index (χ2v) is 4.85. The van der Waals surface area contributed by atoms with E-state index in [1.54, 1.807) is 30.2 Å². The molecule has 0 radical (unpaired) electrons. The molecule has 0 bridgehead atoms. The van der Waals surface area contributed by atoms with Gasteiger partial charge in [-0.2, -0.15) is 12.6 Å². The van der Waals surface area contributed by atoms with Crippen LogP contribution in [0.1, 0.15) is 6.42 Å². The number of nitrogens with zero attached hydrogens (tertiary/aromatic N) is 1. The Kier molecular flexibility index (Phi) is 3.84. The second-order valence-electron chi connectivity index (χ2n) is 4.07. The Labute approximate surface area is 111 Å². The number of benzene rings is 1. The molecule has 92 valence electrons. The third-order valence-electron chi connectivity index (χ3n) is 2.91. The number of anilines is 1. The SMILES string of the molecule is COc1ccc(Cl)c(N2CC(CS)CC2=O)c1. The van der Waals surface area contributed by atoms with Crippen molar-refractivity contribution < 1.29 is 9.53 Å². The largest absolute Gasteiger partial charge is 0.497 e. The van der Waals surface area contributed by atoms with Gasteiger partial charge in [-0.1, -0.05) is 11.6 Å². The molecule has 0 saturated carbocycles. The molecule has 1 aliphatic rings. The normalized spacial score (nSPS) is 19.8. The molecule has 1 fully saturated rings. The van der Waals surface area contributed by atoms with E-state index < -0.39 is 0 Å². The van der Waals surface area contributed by atoms with E-state index in [0.717, 1.165) is 5.69 Å². The van der Waals surface area contributed by atoms with Crippen LogP contribution in [0.5, 0.6) is 5.75 Å². The van der Waals surface area contributed by atoms with Crippen molar-refractivity contribution in [2.75, 3.05) is 24.3 Å². The molecule has 2 rings (SSSR count). The van der Waals surface area contributed by atoms with Crippen LogP contribution in [0.2, 0.25) is 5.02 Å². The Morgan fingerprint density at radius 1 is 1.59 bits per heavy atom. The third-order valence-corrected chi connectivity index (χ3v) is 3.74. The van der Waals surface area contributed by atoms with E-state index in [1.165, 1.54) is 0 Å². The number of hydrogen-bond donors (Lipinski definition) is 1. The number of halogens is 1. The standard InChI is InChI=1S/C12H14ClNO2S/c1-16-9-2-3-10(13)11(5-9)14-6-8(7-17)4-12(14)15/h2-3,5,8,17H,4,6-7H2,1H3. The summed E-state index contributed by atoms with van der Waals surface area (Å²) < 4.78 is 5.15. The van der Waals surface area contributed by atoms with E-state index in [0.29, 0.717) is 35.4 Å². The van der Waals surface area contributed by atoms with Crippen molar-refractivity contribution in [2.45, 2.75) is 6.42 Å². The van der Waals surface area contributed by atoms with Crippen molar-refractivity contribution in [3.63, 3.8) is 0 Å². The molecular formula is C12H14ClNO2S. The van der Waals surface area contributed by atoms with E-state index in [4.69, 9.17) is 16.3 Å². The van der Waals surface area contributed by atoms with Crippen molar-refractivity contribution >= 4 is 35.8 Å². The summed E-state index contributed by atoms with van der Waals surface area (Å²) in [6, 6.07) is 5.32. The fourth-order valence-electron chi connectivity index (χ4n) is 1.96. The van der Waals surface area contributed by atoms with Gasteiger partial charge in [-0.15, -0.1) is 0 Å². The van der Waals surface area contributed by atoms with Crippen molar-refractivity contribution in [3.05, 3.63) is 23.2 Å². The number of carbonyl (C=O) groups excluding carboxylic acids is 1. The highest BCUT2D eigenvalue weighted by Crippen LogP contribution is 2.34. The molecule has 1 aliphatic heterocycles. The molecule has 0 aliphatic carbocycles. The van der Waals surface area contributed by atoms with Gasteiger partial charge in [0.25, 0.3) is 0 Å². The lowest BCUT2D eigenvalue weighted by Gasteiger charge is -2.18. The average Bonchev–Trinajstić information content (AvgIpc) is 2.71. The first-order valence-corrected chi connectivity index (χ1v) is 6.41. The fourth-order valence-corrected chi connectivity index (χ4v) is 2.43. The summed E-state index contributed by atoms with van der Waals surface area (Å²) in [6.07, 6.45) is 0.539. The summed E-state index contributed by atoms with van der Waals surface area (Å²) in [4.78, 5) is 13.6. The molecule has 0 spiro atoms. The summed E-state index contributed by atoms with van der Waals surface area (Å²) in [7, 11) is 1.59. The predicted molar refractivity (Wildman–Crippen MR) is 72.3 cm³/mol. The summed E-state index contributed by atoms with van der Waals surface area (Å²) >= 11 is 10.4. The van der Waals surface area contributed by atoms with Crippen molar-refractivity contribution in [3.8, 4) is 5.75 Å². The molecule has 0 N–H and O–H groups in total. The lowest BCUT2D eigenvalue weighted by Crippen LogP contribution is -2.25. The molecule has 1 heterocycles. The first-order chi connectivity index (χ1) is 8.15. The number of amides is 1. The van der Waals surface area contributed by atoms with Crippen molar-refractivity contribution in [1.29, 1.82) is 0 Å². The van der Waals surface area contributed by atoms with E-state index in [9.17, 15) is 4.79 Å². The molecule has 1 aromatic rings. The average molecular weight is 272 g/mol. The number of carbonyl (C=O) groups is 1. The maximum Gasteiger partial charge on any atom is 0.227 e. The van der Waals surface area contributed by atoms with Crippen molar-refractivity contribution in [1.82, 2.24) is 0 Å². The monoisotopic (exact) mass is 271 g/mol. The van der Waals surface area contributed by atoms with E-state index in [2.05, 4.69) is 12.6 Å². The highest BCUT2D eigenvalue weighted by molar-refractivity contribution is 7.80. The molecule has 5 heteroatoms. The minimum absolute atomic E-state index is 0.0965. The zero-order valence-electron chi connectivity index (χ0n) is 9.52. The fraction of sp³-hybridized carbons (Fsp3) is 0.417. The van der Waals surface area contributed by atoms with Crippen LogP contribution >= 0.6 is 24.2 Å². The number of ether oxygens (including phenoxy) is 1. The van der Waals surface area contributed by atoms with Gasteiger partial charge in [-0.25, -0.2) is 0 Å². The summed E-state index contributed by atoms with van der Waals surface area (Å²) in [5, 5.41) is 0.568. The number of rotatable bonds is 3. The van der Waals surface area contributed by atoms with Gasteiger partial charge in [-0.3, -0.25) is 4.79 Å². The highest BCUT2D eigenvalue weighted by Gasteiger charge is 2.30. The molecule has 1 atom stereocenters. The molecule has 1 amide bonds. The van der Waals surface area contributed by atoms with Crippen LogP contribution in [0.3, 0.4) is 0 Å². The van der Waals surface area contributed by atoms with Gasteiger partial charge in [0.1, 0.15) is 5.75 Å². The van der Waals surface area contributed by atoms with Crippen LogP contribution in [0, 0.1) is 5.92 Å². The van der Waals surface area contributed by atoms with E-state index >= 15 is 0 Å².